The largest absolute Gasteiger partial charge is 0.444 e. The first-order valence-electron chi connectivity index (χ1n) is 6.74. The monoisotopic (exact) mass is 276 g/mol. The van der Waals surface area contributed by atoms with Crippen molar-refractivity contribution in [1.29, 1.82) is 5.41 Å². The van der Waals surface area contributed by atoms with Crippen molar-refractivity contribution in [2.24, 2.45) is 5.73 Å². The van der Waals surface area contributed by atoms with E-state index in [4.69, 9.17) is 15.9 Å². The summed E-state index contributed by atoms with van der Waals surface area (Å²) >= 11 is 0. The molecule has 6 heteroatoms. The normalized spacial score (nSPS) is 13.6. The van der Waals surface area contributed by atoms with E-state index in [1.165, 1.54) is 0 Å². The summed E-state index contributed by atoms with van der Waals surface area (Å²) in [5, 5.41) is 10.1. The van der Waals surface area contributed by atoms with Gasteiger partial charge in [-0.15, -0.1) is 0 Å². The third kappa shape index (κ3) is 3.96. The highest BCUT2D eigenvalue weighted by atomic mass is 16.5. The molecule has 1 aliphatic rings. The number of amides is 1. The minimum absolute atomic E-state index is 0.109. The Balaban J connectivity index is 1.77. The molecule has 1 aliphatic heterocycles. The molecule has 0 bridgehead atoms. The van der Waals surface area contributed by atoms with Crippen molar-refractivity contribution >= 4 is 12.1 Å². The molecule has 0 spiro atoms. The maximum Gasteiger partial charge on any atom is 0.414 e. The number of alkyl carbamates (subject to hydrolysis) is 1. The Morgan fingerprint density at radius 1 is 1.40 bits per heavy atom. The van der Waals surface area contributed by atoms with Gasteiger partial charge in [0.15, 0.2) is 0 Å². The number of hydrogen-bond donors (Lipinski definition) is 3. The summed E-state index contributed by atoms with van der Waals surface area (Å²) in [4.78, 5) is 13.3. The zero-order valence-electron chi connectivity index (χ0n) is 11.4. The van der Waals surface area contributed by atoms with E-state index in [0.29, 0.717) is 6.54 Å². The van der Waals surface area contributed by atoms with Crippen LogP contribution < -0.4 is 11.1 Å². The first kappa shape index (κ1) is 14.3. The van der Waals surface area contributed by atoms with Gasteiger partial charge in [-0.25, -0.2) is 4.79 Å². The molecule has 6 nitrogen and oxygen atoms in total. The van der Waals surface area contributed by atoms with Gasteiger partial charge < -0.3 is 15.4 Å². The van der Waals surface area contributed by atoms with Gasteiger partial charge in [0.05, 0.1) is 0 Å². The van der Waals surface area contributed by atoms with Gasteiger partial charge in [0, 0.05) is 13.1 Å². The number of carbonyl (C=O) groups excluding carboxylic acids is 1. The number of rotatable bonds is 4. The van der Waals surface area contributed by atoms with Gasteiger partial charge in [-0.2, -0.15) is 0 Å². The number of ether oxygens (including phenoxy) is 1. The van der Waals surface area contributed by atoms with Crippen LogP contribution >= 0.6 is 0 Å². The third-order valence-electron chi connectivity index (χ3n) is 3.19. The molecule has 0 atom stereocenters. The maximum atomic E-state index is 11.6. The van der Waals surface area contributed by atoms with Crippen molar-refractivity contribution < 1.29 is 9.53 Å². The Kier molecular flexibility index (Phi) is 4.95. The number of benzene rings is 1. The van der Waals surface area contributed by atoms with Gasteiger partial charge in [0.1, 0.15) is 6.61 Å². The second kappa shape index (κ2) is 6.91. The molecular weight excluding hydrogens is 256 g/mol. The molecule has 0 saturated carbocycles. The van der Waals surface area contributed by atoms with Crippen LogP contribution in [0, 0.1) is 5.41 Å². The summed E-state index contributed by atoms with van der Waals surface area (Å²) in [5.74, 6) is 0.109. The molecule has 20 heavy (non-hydrogen) atoms. The number of guanidine groups is 1. The van der Waals surface area contributed by atoms with E-state index in [2.05, 4.69) is 5.32 Å². The highest BCUT2D eigenvalue weighted by molar-refractivity contribution is 5.92. The Labute approximate surface area is 118 Å². The fraction of sp³-hybridized carbons (Fsp3) is 0.429. The quantitative estimate of drug-likeness (QED) is 0.566. The van der Waals surface area contributed by atoms with Gasteiger partial charge >= 0.3 is 6.09 Å². The molecule has 0 aromatic heterocycles. The van der Waals surface area contributed by atoms with Crippen LogP contribution in [-0.4, -0.2) is 36.6 Å². The molecule has 0 aliphatic carbocycles. The van der Waals surface area contributed by atoms with Crippen LogP contribution in [-0.2, 0) is 17.8 Å². The van der Waals surface area contributed by atoms with E-state index in [1.54, 1.807) is 4.90 Å². The molecule has 1 aromatic carbocycles. The van der Waals surface area contributed by atoms with Crippen molar-refractivity contribution in [3.8, 4) is 0 Å². The molecule has 1 saturated heterocycles. The van der Waals surface area contributed by atoms with E-state index in [9.17, 15) is 4.79 Å². The zero-order valence-corrected chi connectivity index (χ0v) is 11.4. The van der Waals surface area contributed by atoms with Crippen molar-refractivity contribution in [2.45, 2.75) is 19.4 Å². The van der Waals surface area contributed by atoms with Crippen LogP contribution in [0.3, 0.4) is 0 Å². The number of hydrogen-bond acceptors (Lipinski definition) is 4. The van der Waals surface area contributed by atoms with Crippen molar-refractivity contribution in [3.05, 3.63) is 35.4 Å². The number of nitrogens with zero attached hydrogens (tertiary/aromatic N) is 1. The summed E-state index contributed by atoms with van der Waals surface area (Å²) in [6.07, 6.45) is 1.28. The van der Waals surface area contributed by atoms with Crippen LogP contribution in [0.4, 0.5) is 4.79 Å². The molecular formula is C14H20N4O2. The zero-order chi connectivity index (χ0) is 14.4. The Hall–Kier alpha value is -2.08. The molecule has 108 valence electrons. The van der Waals surface area contributed by atoms with Crippen LogP contribution in [0.1, 0.15) is 17.5 Å². The molecule has 1 aromatic rings. The second-order valence-corrected chi connectivity index (χ2v) is 4.75. The first-order valence-corrected chi connectivity index (χ1v) is 6.74. The van der Waals surface area contributed by atoms with Crippen LogP contribution in [0.2, 0.25) is 0 Å². The van der Waals surface area contributed by atoms with E-state index >= 15 is 0 Å². The highest BCUT2D eigenvalue weighted by Gasteiger charge is 2.19. The molecule has 1 heterocycles. The lowest BCUT2D eigenvalue weighted by molar-refractivity contribution is 0.142. The number of nitrogens with two attached hydrogens (primary N) is 1. The lowest BCUT2D eigenvalue weighted by Crippen LogP contribution is -2.50. The van der Waals surface area contributed by atoms with E-state index in [1.807, 2.05) is 24.3 Å². The van der Waals surface area contributed by atoms with Crippen molar-refractivity contribution in [3.63, 3.8) is 0 Å². The average molecular weight is 276 g/mol. The van der Waals surface area contributed by atoms with Gasteiger partial charge in [0.2, 0.25) is 5.96 Å². The predicted octanol–water partition coefficient (Wildman–Crippen LogP) is 1.05. The maximum absolute atomic E-state index is 11.6. The number of carbonyl (C=O) groups is 1. The van der Waals surface area contributed by atoms with Crippen LogP contribution in [0.25, 0.3) is 0 Å². The standard InChI is InChI=1S/C14H20N4O2/c15-6-5-11-3-1-4-12(9-11)10-20-14(19)17-13(16)18-7-2-8-18/h1,3-4,9H,2,5-8,10,15H2,(H2,16,17,19). The summed E-state index contributed by atoms with van der Waals surface area (Å²) < 4.78 is 5.10. The van der Waals surface area contributed by atoms with Gasteiger partial charge in [-0.3, -0.25) is 10.7 Å². The highest BCUT2D eigenvalue weighted by Crippen LogP contribution is 2.08. The molecule has 4 N–H and O–H groups in total. The fourth-order valence-electron chi connectivity index (χ4n) is 1.94. The lowest BCUT2D eigenvalue weighted by atomic mass is 10.1. The predicted molar refractivity (Wildman–Crippen MR) is 76.4 cm³/mol. The SMILES string of the molecule is N=C(NC(=O)OCc1cccc(CCN)c1)N1CCC1. The minimum atomic E-state index is -0.592. The van der Waals surface area contributed by atoms with Crippen LogP contribution in [0.5, 0.6) is 0 Å². The summed E-state index contributed by atoms with van der Waals surface area (Å²) in [6, 6.07) is 7.79. The second-order valence-electron chi connectivity index (χ2n) is 4.75. The summed E-state index contributed by atoms with van der Waals surface area (Å²) in [5.41, 5.74) is 7.56. The smallest absolute Gasteiger partial charge is 0.414 e. The third-order valence-corrected chi connectivity index (χ3v) is 3.19. The summed E-state index contributed by atoms with van der Waals surface area (Å²) in [6.45, 7) is 2.43. The van der Waals surface area contributed by atoms with Gasteiger partial charge in [0.25, 0.3) is 0 Å². The van der Waals surface area contributed by atoms with E-state index < -0.39 is 6.09 Å². The minimum Gasteiger partial charge on any atom is -0.444 e. The van der Waals surface area contributed by atoms with Crippen molar-refractivity contribution in [1.82, 2.24) is 10.2 Å². The van der Waals surface area contributed by atoms with E-state index in [-0.39, 0.29) is 12.6 Å². The van der Waals surface area contributed by atoms with Gasteiger partial charge in [-0.05, 0) is 30.5 Å². The Morgan fingerprint density at radius 2 is 2.15 bits per heavy atom. The molecule has 1 amide bonds. The molecule has 0 unspecified atom stereocenters. The molecule has 0 radical (unpaired) electrons. The topological polar surface area (TPSA) is 91.4 Å². The fourth-order valence-corrected chi connectivity index (χ4v) is 1.94. The summed E-state index contributed by atoms with van der Waals surface area (Å²) in [7, 11) is 0. The number of likely N-dealkylation sites (tertiary alicyclic amines) is 1. The Bertz CT molecular complexity index is 486. The molecule has 2 rings (SSSR count). The number of nitrogens with one attached hydrogen (secondary N) is 2. The van der Waals surface area contributed by atoms with Gasteiger partial charge in [-0.1, -0.05) is 24.3 Å². The van der Waals surface area contributed by atoms with Crippen LogP contribution in [0.15, 0.2) is 24.3 Å². The first-order chi connectivity index (χ1) is 9.69. The average Bonchev–Trinajstić information content (AvgIpc) is 2.35. The van der Waals surface area contributed by atoms with E-state index in [0.717, 1.165) is 37.1 Å². The van der Waals surface area contributed by atoms with Crippen molar-refractivity contribution in [2.75, 3.05) is 19.6 Å². The molecule has 1 fully saturated rings. The lowest BCUT2D eigenvalue weighted by Gasteiger charge is -2.32. The Morgan fingerprint density at radius 3 is 2.80 bits per heavy atom.